The first-order valence-corrected chi connectivity index (χ1v) is 7.68. The number of rotatable bonds is 2. The van der Waals surface area contributed by atoms with Crippen LogP contribution in [-0.4, -0.2) is 40.1 Å². The van der Waals surface area contributed by atoms with Crippen LogP contribution in [-0.2, 0) is 14.3 Å². The van der Waals surface area contributed by atoms with Crippen LogP contribution in [0.1, 0.15) is 42.1 Å². The minimum Gasteiger partial charge on any atom is -0.479 e. The van der Waals surface area contributed by atoms with Gasteiger partial charge in [-0.25, -0.2) is 4.79 Å². The monoisotopic (exact) mass is 311 g/mol. The lowest BCUT2D eigenvalue weighted by Gasteiger charge is -2.46. The summed E-state index contributed by atoms with van der Waals surface area (Å²) < 4.78 is 5.32. The fourth-order valence-corrected chi connectivity index (χ4v) is 3.82. The van der Waals surface area contributed by atoms with Gasteiger partial charge in [0.15, 0.2) is 6.10 Å². The first kappa shape index (κ1) is 16.0. The molecule has 6 heteroatoms. The van der Waals surface area contributed by atoms with Gasteiger partial charge in [0.1, 0.15) is 6.61 Å². The Bertz CT molecular complexity index is 573. The Hall–Kier alpha value is -1.40. The molecule has 1 aliphatic heterocycles. The molecule has 2 unspecified atom stereocenters. The van der Waals surface area contributed by atoms with Crippen LogP contribution >= 0.6 is 11.3 Å². The number of nitrogens with zero attached hydrogens (tertiary/aromatic N) is 1. The number of morpholine rings is 1. The van der Waals surface area contributed by atoms with Crippen molar-refractivity contribution >= 4 is 23.2 Å². The van der Waals surface area contributed by atoms with Crippen LogP contribution in [0.2, 0.25) is 0 Å². The Morgan fingerprint density at radius 1 is 1.43 bits per heavy atom. The molecule has 21 heavy (non-hydrogen) atoms. The summed E-state index contributed by atoms with van der Waals surface area (Å²) in [7, 11) is 0. The highest BCUT2D eigenvalue weighted by atomic mass is 32.1. The number of thiophene rings is 1. The third kappa shape index (κ3) is 2.96. The van der Waals surface area contributed by atoms with Crippen LogP contribution in [0, 0.1) is 13.8 Å². The Kier molecular flexibility index (Phi) is 4.13. The summed E-state index contributed by atoms with van der Waals surface area (Å²) in [6, 6.07) is 1.37. The fourth-order valence-electron chi connectivity index (χ4n) is 2.86. The van der Waals surface area contributed by atoms with Crippen molar-refractivity contribution in [1.29, 1.82) is 0 Å². The van der Waals surface area contributed by atoms with E-state index in [-0.39, 0.29) is 12.5 Å². The van der Waals surface area contributed by atoms with Gasteiger partial charge in [-0.1, -0.05) is 0 Å². The number of hydrogen-bond acceptors (Lipinski definition) is 4. The first-order valence-electron chi connectivity index (χ1n) is 6.86. The molecule has 2 heterocycles. The normalized spacial score (nSPS) is 23.5. The number of ether oxygens (including phenoxy) is 1. The highest BCUT2D eigenvalue weighted by Crippen LogP contribution is 2.39. The van der Waals surface area contributed by atoms with Gasteiger partial charge in [-0.2, -0.15) is 0 Å². The van der Waals surface area contributed by atoms with Gasteiger partial charge in [0.2, 0.25) is 5.91 Å². The van der Waals surface area contributed by atoms with E-state index >= 15 is 0 Å². The fraction of sp³-hybridized carbons (Fsp3) is 0.600. The van der Waals surface area contributed by atoms with Crippen molar-refractivity contribution in [3.05, 3.63) is 21.4 Å². The van der Waals surface area contributed by atoms with Crippen LogP contribution < -0.4 is 0 Å². The zero-order chi connectivity index (χ0) is 15.9. The zero-order valence-electron chi connectivity index (χ0n) is 13.0. The smallest absolute Gasteiger partial charge is 0.335 e. The highest BCUT2D eigenvalue weighted by Gasteiger charge is 2.46. The summed E-state index contributed by atoms with van der Waals surface area (Å²) >= 11 is 1.60. The van der Waals surface area contributed by atoms with E-state index in [9.17, 15) is 14.7 Å². The lowest BCUT2D eigenvalue weighted by molar-refractivity contribution is -0.179. The maximum Gasteiger partial charge on any atom is 0.335 e. The molecule has 5 nitrogen and oxygen atoms in total. The molecule has 0 radical (unpaired) electrons. The van der Waals surface area contributed by atoms with Crippen molar-refractivity contribution in [3.8, 4) is 0 Å². The number of aryl methyl sites for hydroxylation is 2. The van der Waals surface area contributed by atoms with Crippen LogP contribution in [0.5, 0.6) is 0 Å². The van der Waals surface area contributed by atoms with Gasteiger partial charge < -0.3 is 14.7 Å². The number of carbonyl (C=O) groups is 2. The van der Waals surface area contributed by atoms with Crippen LogP contribution in [0.25, 0.3) is 0 Å². The summed E-state index contributed by atoms with van der Waals surface area (Å²) in [5.74, 6) is -1.21. The van der Waals surface area contributed by atoms with Gasteiger partial charge in [-0.05, 0) is 46.2 Å². The summed E-state index contributed by atoms with van der Waals surface area (Å²) in [6.07, 6.45) is -1.03. The topological polar surface area (TPSA) is 66.8 Å². The Morgan fingerprint density at radius 2 is 2.05 bits per heavy atom. The van der Waals surface area contributed by atoms with Gasteiger partial charge >= 0.3 is 5.97 Å². The second-order valence-electron chi connectivity index (χ2n) is 6.32. The highest BCUT2D eigenvalue weighted by molar-refractivity contribution is 7.12. The molecular weight excluding hydrogens is 290 g/mol. The molecule has 0 aliphatic carbocycles. The number of aliphatic carboxylic acids is 1. The van der Waals surface area contributed by atoms with E-state index in [1.54, 1.807) is 16.2 Å². The molecule has 1 aliphatic rings. The maximum absolute atomic E-state index is 12.3. The number of carboxylic acid groups (broad SMARTS) is 1. The molecule has 0 bridgehead atoms. The molecule has 0 aromatic carbocycles. The van der Waals surface area contributed by atoms with Gasteiger partial charge in [-0.3, -0.25) is 4.79 Å². The molecular formula is C15H21NO4S. The summed E-state index contributed by atoms with van der Waals surface area (Å²) in [6.45, 7) is 9.48. The molecule has 2 atom stereocenters. The van der Waals surface area contributed by atoms with Crippen molar-refractivity contribution in [2.24, 2.45) is 0 Å². The van der Waals surface area contributed by atoms with E-state index in [1.807, 2.05) is 40.7 Å². The summed E-state index contributed by atoms with van der Waals surface area (Å²) in [5, 5.41) is 9.48. The second kappa shape index (κ2) is 5.42. The molecule has 1 aromatic heterocycles. The molecule has 0 saturated carbocycles. The van der Waals surface area contributed by atoms with E-state index in [4.69, 9.17) is 4.74 Å². The third-order valence-electron chi connectivity index (χ3n) is 3.58. The Morgan fingerprint density at radius 3 is 2.48 bits per heavy atom. The lowest BCUT2D eigenvalue weighted by atomic mass is 9.92. The predicted octanol–water partition coefficient (Wildman–Crippen LogP) is 2.52. The van der Waals surface area contributed by atoms with Crippen LogP contribution in [0.3, 0.4) is 0 Å². The van der Waals surface area contributed by atoms with E-state index in [0.717, 1.165) is 15.3 Å². The number of amides is 1. The Balaban J connectivity index is 2.57. The summed E-state index contributed by atoms with van der Waals surface area (Å²) in [4.78, 5) is 27.7. The second-order valence-corrected chi connectivity index (χ2v) is 7.78. The predicted molar refractivity (Wildman–Crippen MR) is 80.5 cm³/mol. The molecule has 1 fully saturated rings. The zero-order valence-corrected chi connectivity index (χ0v) is 13.8. The van der Waals surface area contributed by atoms with E-state index < -0.39 is 23.7 Å². The standard InChI is InChI=1S/C15H21NO4S/c1-8-6-10(9(2)21-8)12-13(14(18)19)20-7-11(17)16(12)15(3,4)5/h6,12-13H,7H2,1-5H3,(H,18,19). The van der Waals surface area contributed by atoms with Crippen molar-refractivity contribution in [3.63, 3.8) is 0 Å². The van der Waals surface area contributed by atoms with Crippen LogP contribution in [0.4, 0.5) is 0 Å². The molecule has 2 rings (SSSR count). The molecule has 1 aromatic rings. The average molecular weight is 311 g/mol. The minimum absolute atomic E-state index is 0.173. The molecule has 116 valence electrons. The molecule has 0 spiro atoms. The van der Waals surface area contributed by atoms with Crippen molar-refractivity contribution < 1.29 is 19.4 Å². The number of carboxylic acids is 1. The van der Waals surface area contributed by atoms with Gasteiger partial charge in [0.25, 0.3) is 0 Å². The average Bonchev–Trinajstić information content (AvgIpc) is 2.65. The largest absolute Gasteiger partial charge is 0.479 e. The SMILES string of the molecule is Cc1cc(C2C(C(=O)O)OCC(=O)N2C(C)(C)C)c(C)s1. The van der Waals surface area contributed by atoms with Gasteiger partial charge in [-0.15, -0.1) is 11.3 Å². The lowest BCUT2D eigenvalue weighted by Crippen LogP contribution is -2.58. The minimum atomic E-state index is -1.04. The van der Waals surface area contributed by atoms with E-state index in [0.29, 0.717) is 0 Å². The first-order chi connectivity index (χ1) is 9.62. The van der Waals surface area contributed by atoms with Crippen molar-refractivity contribution in [1.82, 2.24) is 4.90 Å². The molecule has 1 N–H and O–H groups in total. The van der Waals surface area contributed by atoms with Gasteiger partial charge in [0, 0.05) is 15.3 Å². The Labute approximate surface area is 128 Å². The summed E-state index contributed by atoms with van der Waals surface area (Å²) in [5.41, 5.74) is 0.398. The quantitative estimate of drug-likeness (QED) is 0.911. The maximum atomic E-state index is 12.3. The van der Waals surface area contributed by atoms with Crippen molar-refractivity contribution in [2.75, 3.05) is 6.61 Å². The van der Waals surface area contributed by atoms with Crippen molar-refractivity contribution in [2.45, 2.75) is 52.3 Å². The van der Waals surface area contributed by atoms with Crippen LogP contribution in [0.15, 0.2) is 6.07 Å². The van der Waals surface area contributed by atoms with Gasteiger partial charge in [0.05, 0.1) is 6.04 Å². The molecule has 1 saturated heterocycles. The van der Waals surface area contributed by atoms with E-state index in [1.165, 1.54) is 0 Å². The number of carbonyl (C=O) groups excluding carboxylic acids is 1. The third-order valence-corrected chi connectivity index (χ3v) is 4.57. The molecule has 1 amide bonds. The van der Waals surface area contributed by atoms with E-state index in [2.05, 4.69) is 0 Å². The number of hydrogen-bond donors (Lipinski definition) is 1.